The maximum Gasteiger partial charge on any atom is 0.308 e. The van der Waals surface area contributed by atoms with Crippen molar-refractivity contribution in [2.45, 2.75) is 77.1 Å². The van der Waals surface area contributed by atoms with Gasteiger partial charge in [0.2, 0.25) is 0 Å². The third-order valence-electron chi connectivity index (χ3n) is 3.70. The summed E-state index contributed by atoms with van der Waals surface area (Å²) in [5, 5.41) is 0. The van der Waals surface area contributed by atoms with Crippen molar-refractivity contribution in [2.75, 3.05) is 7.11 Å². The van der Waals surface area contributed by atoms with Crippen LogP contribution in [0.3, 0.4) is 0 Å². The SMILES string of the molecule is CCCCCCCCC(=O)/C=C/C=C/C#CC(F)(F)CCCC(=O)OC. The van der Waals surface area contributed by atoms with Gasteiger partial charge < -0.3 is 4.74 Å². The first-order valence-corrected chi connectivity index (χ1v) is 9.24. The summed E-state index contributed by atoms with van der Waals surface area (Å²) in [5.74, 6) is 0.501. The number of rotatable bonds is 13. The molecule has 0 saturated heterocycles. The average Bonchev–Trinajstić information content (AvgIpc) is 2.60. The normalized spacial score (nSPS) is 11.5. The van der Waals surface area contributed by atoms with Crippen molar-refractivity contribution in [1.29, 1.82) is 0 Å². The molecule has 0 aliphatic carbocycles. The van der Waals surface area contributed by atoms with E-state index in [1.807, 2.05) is 5.92 Å². The van der Waals surface area contributed by atoms with E-state index in [-0.39, 0.29) is 18.6 Å². The van der Waals surface area contributed by atoms with Crippen molar-refractivity contribution in [3.05, 3.63) is 24.3 Å². The topological polar surface area (TPSA) is 43.4 Å². The van der Waals surface area contributed by atoms with Crippen LogP contribution >= 0.6 is 0 Å². The predicted octanol–water partition coefficient (Wildman–Crippen LogP) is 5.40. The van der Waals surface area contributed by atoms with Gasteiger partial charge in [-0.1, -0.05) is 57.1 Å². The van der Waals surface area contributed by atoms with Crippen LogP contribution < -0.4 is 0 Å². The van der Waals surface area contributed by atoms with Gasteiger partial charge in [0.15, 0.2) is 5.78 Å². The monoisotopic (exact) mass is 368 g/mol. The third-order valence-corrected chi connectivity index (χ3v) is 3.70. The highest BCUT2D eigenvalue weighted by molar-refractivity contribution is 5.89. The molecule has 0 rings (SSSR count). The maximum absolute atomic E-state index is 13.4. The summed E-state index contributed by atoms with van der Waals surface area (Å²) in [5.41, 5.74) is 0. The van der Waals surface area contributed by atoms with Gasteiger partial charge in [-0.3, -0.25) is 9.59 Å². The molecule has 0 aliphatic heterocycles. The Morgan fingerprint density at radius 3 is 2.38 bits per heavy atom. The Balaban J connectivity index is 3.99. The van der Waals surface area contributed by atoms with Gasteiger partial charge in [0.25, 0.3) is 0 Å². The Kier molecular flexibility index (Phi) is 14.2. The smallest absolute Gasteiger partial charge is 0.308 e. The highest BCUT2D eigenvalue weighted by Crippen LogP contribution is 2.20. The Morgan fingerprint density at radius 2 is 1.69 bits per heavy atom. The van der Waals surface area contributed by atoms with Crippen molar-refractivity contribution >= 4 is 11.8 Å². The van der Waals surface area contributed by atoms with E-state index in [2.05, 4.69) is 17.6 Å². The van der Waals surface area contributed by atoms with E-state index in [1.54, 1.807) is 0 Å². The fraction of sp³-hybridized carbons (Fsp3) is 0.619. The summed E-state index contributed by atoms with van der Waals surface area (Å²) >= 11 is 0. The average molecular weight is 368 g/mol. The lowest BCUT2D eigenvalue weighted by Gasteiger charge is -2.07. The molecule has 26 heavy (non-hydrogen) atoms. The highest BCUT2D eigenvalue weighted by atomic mass is 19.3. The van der Waals surface area contributed by atoms with E-state index in [1.165, 1.54) is 50.7 Å². The van der Waals surface area contributed by atoms with Gasteiger partial charge in [0, 0.05) is 19.3 Å². The quantitative estimate of drug-likeness (QED) is 0.144. The Morgan fingerprint density at radius 1 is 1.00 bits per heavy atom. The first kappa shape index (κ1) is 24.0. The van der Waals surface area contributed by atoms with Gasteiger partial charge in [-0.15, -0.1) is 0 Å². The van der Waals surface area contributed by atoms with Crippen LogP contribution in [0, 0.1) is 11.8 Å². The van der Waals surface area contributed by atoms with Crippen molar-refractivity contribution < 1.29 is 23.1 Å². The number of hydrogen-bond donors (Lipinski definition) is 0. The number of ether oxygens (including phenoxy) is 1. The number of esters is 1. The first-order valence-electron chi connectivity index (χ1n) is 9.24. The molecule has 0 aromatic carbocycles. The number of hydrogen-bond acceptors (Lipinski definition) is 3. The zero-order valence-corrected chi connectivity index (χ0v) is 15.9. The standard InChI is InChI=1S/C21H30F2O3/c1-3-4-5-6-7-10-14-19(24)15-11-8-9-12-17-21(22,23)18-13-16-20(25)26-2/h8-9,11,15H,3-7,10,13-14,16,18H2,1-2H3/b9-8+,15-11+. The fourth-order valence-corrected chi connectivity index (χ4v) is 2.20. The third kappa shape index (κ3) is 15.6. The van der Waals surface area contributed by atoms with E-state index in [0.29, 0.717) is 6.42 Å². The number of allylic oxidation sites excluding steroid dienone is 4. The molecule has 146 valence electrons. The first-order chi connectivity index (χ1) is 12.4. The molecule has 0 radical (unpaired) electrons. The molecule has 3 nitrogen and oxygen atoms in total. The van der Waals surface area contributed by atoms with Gasteiger partial charge in [0.1, 0.15) is 0 Å². The lowest BCUT2D eigenvalue weighted by molar-refractivity contribution is -0.140. The van der Waals surface area contributed by atoms with Gasteiger partial charge in [-0.2, -0.15) is 8.78 Å². The molecular weight excluding hydrogens is 338 g/mol. The zero-order valence-electron chi connectivity index (χ0n) is 15.9. The van der Waals surface area contributed by atoms with Gasteiger partial charge >= 0.3 is 11.9 Å². The van der Waals surface area contributed by atoms with Crippen molar-refractivity contribution in [1.82, 2.24) is 0 Å². The molecule has 0 aromatic heterocycles. The minimum Gasteiger partial charge on any atom is -0.469 e. The van der Waals surface area contributed by atoms with Crippen LogP contribution in [0.4, 0.5) is 8.78 Å². The van der Waals surface area contributed by atoms with Crippen LogP contribution in [-0.2, 0) is 14.3 Å². The number of unbranched alkanes of at least 4 members (excludes halogenated alkanes) is 5. The Hall–Kier alpha value is -1.96. The number of alkyl halides is 2. The Bertz CT molecular complexity index is 525. The molecule has 0 aliphatic rings. The fourth-order valence-electron chi connectivity index (χ4n) is 2.20. The zero-order chi connectivity index (χ0) is 19.7. The molecule has 0 N–H and O–H groups in total. The molecule has 0 amide bonds. The number of methoxy groups -OCH3 is 1. The molecule has 0 saturated carbocycles. The molecule has 0 unspecified atom stereocenters. The van der Waals surface area contributed by atoms with Crippen LogP contribution in [0.2, 0.25) is 0 Å². The number of carbonyl (C=O) groups excluding carboxylic acids is 2. The number of carbonyl (C=O) groups is 2. The summed E-state index contributed by atoms with van der Waals surface area (Å²) in [4.78, 5) is 22.5. The van der Waals surface area contributed by atoms with Crippen LogP contribution in [-0.4, -0.2) is 24.8 Å². The number of halogens is 2. The molecular formula is C21H30F2O3. The summed E-state index contributed by atoms with van der Waals surface area (Å²) in [6.07, 6.45) is 12.5. The molecule has 0 bridgehead atoms. The molecule has 0 heterocycles. The van der Waals surface area contributed by atoms with Crippen molar-refractivity contribution in [3.8, 4) is 11.8 Å². The number of ketones is 1. The van der Waals surface area contributed by atoms with E-state index in [9.17, 15) is 18.4 Å². The van der Waals surface area contributed by atoms with Crippen LogP contribution in [0.15, 0.2) is 24.3 Å². The second-order valence-electron chi connectivity index (χ2n) is 6.11. The predicted molar refractivity (Wildman–Crippen MR) is 99.9 cm³/mol. The van der Waals surface area contributed by atoms with Crippen molar-refractivity contribution in [2.24, 2.45) is 0 Å². The minimum absolute atomic E-state index is 0.0188. The lowest BCUT2D eigenvalue weighted by Crippen LogP contribution is -2.13. The second-order valence-corrected chi connectivity index (χ2v) is 6.11. The highest BCUT2D eigenvalue weighted by Gasteiger charge is 2.25. The summed E-state index contributed by atoms with van der Waals surface area (Å²) in [7, 11) is 1.22. The van der Waals surface area contributed by atoms with E-state index < -0.39 is 18.3 Å². The molecule has 0 atom stereocenters. The van der Waals surface area contributed by atoms with Crippen LogP contribution in [0.25, 0.3) is 0 Å². The molecule has 0 fully saturated rings. The van der Waals surface area contributed by atoms with E-state index in [4.69, 9.17) is 0 Å². The van der Waals surface area contributed by atoms with E-state index >= 15 is 0 Å². The van der Waals surface area contributed by atoms with Crippen molar-refractivity contribution in [3.63, 3.8) is 0 Å². The van der Waals surface area contributed by atoms with Crippen LogP contribution in [0.5, 0.6) is 0 Å². The second kappa shape index (κ2) is 15.3. The lowest BCUT2D eigenvalue weighted by atomic mass is 10.1. The van der Waals surface area contributed by atoms with Gasteiger partial charge in [0.05, 0.1) is 7.11 Å². The summed E-state index contributed by atoms with van der Waals surface area (Å²) in [6, 6.07) is 0. The minimum atomic E-state index is -3.14. The van der Waals surface area contributed by atoms with Crippen LogP contribution in [0.1, 0.15) is 71.1 Å². The molecule has 0 aromatic rings. The molecule has 0 spiro atoms. The maximum atomic E-state index is 13.4. The summed E-state index contributed by atoms with van der Waals surface area (Å²) < 4.78 is 31.3. The Labute approximate surface area is 155 Å². The van der Waals surface area contributed by atoms with Gasteiger partial charge in [-0.05, 0) is 30.9 Å². The largest absolute Gasteiger partial charge is 0.469 e. The summed E-state index contributed by atoms with van der Waals surface area (Å²) in [6.45, 7) is 2.17. The molecule has 5 heteroatoms. The van der Waals surface area contributed by atoms with E-state index in [0.717, 1.165) is 19.3 Å². The van der Waals surface area contributed by atoms with Gasteiger partial charge in [-0.25, -0.2) is 0 Å².